The Bertz CT molecular complexity index is 823. The minimum atomic E-state index is -0.447. The smallest absolute Gasteiger partial charge is 0.348 e. The van der Waals surface area contributed by atoms with Crippen molar-refractivity contribution in [2.24, 2.45) is 0 Å². The van der Waals surface area contributed by atoms with Crippen LogP contribution in [0, 0.1) is 0 Å². The van der Waals surface area contributed by atoms with Gasteiger partial charge in [-0.25, -0.2) is 9.78 Å². The summed E-state index contributed by atoms with van der Waals surface area (Å²) in [5, 5.41) is 2.79. The number of amides is 1. The van der Waals surface area contributed by atoms with Crippen LogP contribution in [0.3, 0.4) is 0 Å². The number of hydrogen-bond donors (Lipinski definition) is 2. The number of H-pyrrole nitrogens is 1. The number of imidazole rings is 1. The average molecular weight is 327 g/mol. The molecule has 0 aliphatic carbocycles. The van der Waals surface area contributed by atoms with Crippen molar-refractivity contribution < 1.29 is 14.3 Å². The van der Waals surface area contributed by atoms with E-state index in [1.54, 1.807) is 36.7 Å². The van der Waals surface area contributed by atoms with Gasteiger partial charge in [-0.3, -0.25) is 4.79 Å². The zero-order chi connectivity index (χ0) is 16.2. The van der Waals surface area contributed by atoms with Crippen LogP contribution in [0.5, 0.6) is 0 Å². The number of ether oxygens (including phenoxy) is 1. The molecule has 6 nitrogen and oxygen atoms in total. The molecule has 0 aliphatic heterocycles. The summed E-state index contributed by atoms with van der Waals surface area (Å²) in [6.07, 6.45) is 3.43. The molecule has 0 fully saturated rings. The van der Waals surface area contributed by atoms with Crippen LogP contribution in [0.4, 0.5) is 5.69 Å². The van der Waals surface area contributed by atoms with E-state index in [2.05, 4.69) is 20.0 Å². The number of thiophene rings is 1. The summed E-state index contributed by atoms with van der Waals surface area (Å²) < 4.78 is 4.63. The van der Waals surface area contributed by atoms with Crippen LogP contribution < -0.4 is 5.32 Å². The van der Waals surface area contributed by atoms with Crippen LogP contribution in [0.15, 0.2) is 48.8 Å². The van der Waals surface area contributed by atoms with Gasteiger partial charge in [-0.15, -0.1) is 11.3 Å². The number of anilines is 1. The van der Waals surface area contributed by atoms with Gasteiger partial charge >= 0.3 is 5.97 Å². The highest BCUT2D eigenvalue weighted by Crippen LogP contribution is 2.21. The van der Waals surface area contributed by atoms with Crippen LogP contribution >= 0.6 is 11.3 Å². The summed E-state index contributed by atoms with van der Waals surface area (Å²) in [4.78, 5) is 31.6. The fraction of sp³-hybridized carbons (Fsp3) is 0.0625. The highest BCUT2D eigenvalue weighted by atomic mass is 32.1. The number of aromatic amines is 1. The van der Waals surface area contributed by atoms with E-state index in [-0.39, 0.29) is 5.91 Å². The normalized spacial score (nSPS) is 10.3. The zero-order valence-corrected chi connectivity index (χ0v) is 13.0. The first-order valence-corrected chi connectivity index (χ1v) is 7.58. The monoisotopic (exact) mass is 327 g/mol. The number of benzene rings is 1. The standard InChI is InChI=1S/C16H13N3O3S/c1-22-16(21)13-7-6-12(23-13)15(20)19-11-4-2-10(3-5-11)14-17-8-9-18-14/h2-9H,1H3,(H,17,18)(H,19,20). The first kappa shape index (κ1) is 15.0. The Hall–Kier alpha value is -2.93. The van der Waals surface area contributed by atoms with Crippen LogP contribution in [0.25, 0.3) is 11.4 Å². The summed E-state index contributed by atoms with van der Waals surface area (Å²) in [5.41, 5.74) is 1.59. The molecule has 2 N–H and O–H groups in total. The number of carbonyl (C=O) groups is 2. The SMILES string of the molecule is COC(=O)c1ccc(C(=O)Nc2ccc(-c3ncc[nH]3)cc2)s1. The van der Waals surface area contributed by atoms with Gasteiger partial charge in [0.2, 0.25) is 0 Å². The first-order chi connectivity index (χ1) is 11.2. The van der Waals surface area contributed by atoms with Gasteiger partial charge in [-0.05, 0) is 36.4 Å². The molecule has 1 aromatic carbocycles. The molecule has 0 radical (unpaired) electrons. The lowest BCUT2D eigenvalue weighted by atomic mass is 10.2. The predicted octanol–water partition coefficient (Wildman–Crippen LogP) is 3.18. The van der Waals surface area contributed by atoms with Crippen molar-refractivity contribution in [3.8, 4) is 11.4 Å². The van der Waals surface area contributed by atoms with E-state index >= 15 is 0 Å². The molecule has 0 atom stereocenters. The second-order valence-corrected chi connectivity index (χ2v) is 5.71. The van der Waals surface area contributed by atoms with E-state index in [0.29, 0.717) is 15.4 Å². The lowest BCUT2D eigenvalue weighted by Gasteiger charge is -2.04. The Kier molecular flexibility index (Phi) is 4.20. The lowest BCUT2D eigenvalue weighted by molar-refractivity contribution is 0.0606. The molecule has 0 saturated carbocycles. The molecule has 0 unspecified atom stereocenters. The van der Waals surface area contributed by atoms with E-state index < -0.39 is 5.97 Å². The molecule has 2 heterocycles. The van der Waals surface area contributed by atoms with Crippen LogP contribution in [0.2, 0.25) is 0 Å². The van der Waals surface area contributed by atoms with E-state index in [9.17, 15) is 9.59 Å². The number of hydrogen-bond acceptors (Lipinski definition) is 5. The van der Waals surface area contributed by atoms with Crippen molar-refractivity contribution >= 4 is 28.9 Å². The van der Waals surface area contributed by atoms with E-state index in [1.165, 1.54) is 7.11 Å². The second kappa shape index (κ2) is 6.45. The Morgan fingerprint density at radius 2 is 1.87 bits per heavy atom. The third-order valence-electron chi connectivity index (χ3n) is 3.13. The maximum absolute atomic E-state index is 12.2. The van der Waals surface area contributed by atoms with Crippen LogP contribution in [0.1, 0.15) is 19.3 Å². The molecule has 0 aliphatic rings. The molecule has 7 heteroatoms. The number of rotatable bonds is 4. The highest BCUT2D eigenvalue weighted by Gasteiger charge is 2.14. The van der Waals surface area contributed by atoms with Gasteiger partial charge in [0.1, 0.15) is 10.7 Å². The third kappa shape index (κ3) is 3.29. The lowest BCUT2D eigenvalue weighted by Crippen LogP contribution is -2.09. The minimum Gasteiger partial charge on any atom is -0.465 e. The van der Waals surface area contributed by atoms with Crippen molar-refractivity contribution in [1.82, 2.24) is 9.97 Å². The highest BCUT2D eigenvalue weighted by molar-refractivity contribution is 7.16. The summed E-state index contributed by atoms with van der Waals surface area (Å²) >= 11 is 1.09. The van der Waals surface area contributed by atoms with Gasteiger partial charge in [0.25, 0.3) is 5.91 Å². The molecular formula is C16H13N3O3S. The van der Waals surface area contributed by atoms with Gasteiger partial charge in [-0.2, -0.15) is 0 Å². The summed E-state index contributed by atoms with van der Waals surface area (Å²) in [7, 11) is 1.31. The largest absolute Gasteiger partial charge is 0.465 e. The van der Waals surface area contributed by atoms with Gasteiger partial charge in [0.05, 0.1) is 12.0 Å². The van der Waals surface area contributed by atoms with Crippen molar-refractivity contribution in [2.75, 3.05) is 12.4 Å². The van der Waals surface area contributed by atoms with Gasteiger partial charge in [-0.1, -0.05) is 0 Å². The first-order valence-electron chi connectivity index (χ1n) is 6.76. The molecule has 1 amide bonds. The maximum atomic E-state index is 12.2. The topological polar surface area (TPSA) is 84.1 Å². The molecular weight excluding hydrogens is 314 g/mol. The van der Waals surface area contributed by atoms with Gasteiger partial charge in [0.15, 0.2) is 0 Å². The number of esters is 1. The second-order valence-electron chi connectivity index (χ2n) is 4.62. The van der Waals surface area contributed by atoms with Gasteiger partial charge < -0.3 is 15.0 Å². The molecule has 2 aromatic heterocycles. The Morgan fingerprint density at radius 3 is 2.52 bits per heavy atom. The zero-order valence-electron chi connectivity index (χ0n) is 12.2. The summed E-state index contributed by atoms with van der Waals surface area (Å²) in [5.74, 6) is 0.0524. The van der Waals surface area contributed by atoms with Crippen LogP contribution in [-0.2, 0) is 4.74 Å². The van der Waals surface area contributed by atoms with E-state index in [1.807, 2.05) is 12.1 Å². The molecule has 0 spiro atoms. The molecule has 23 heavy (non-hydrogen) atoms. The number of aromatic nitrogens is 2. The van der Waals surface area contributed by atoms with Crippen molar-refractivity contribution in [2.45, 2.75) is 0 Å². The molecule has 116 valence electrons. The summed E-state index contributed by atoms with van der Waals surface area (Å²) in [6.45, 7) is 0. The maximum Gasteiger partial charge on any atom is 0.348 e. The van der Waals surface area contributed by atoms with Crippen molar-refractivity contribution in [3.63, 3.8) is 0 Å². The number of nitrogens with one attached hydrogen (secondary N) is 2. The number of carbonyl (C=O) groups excluding carboxylic acids is 2. The quantitative estimate of drug-likeness (QED) is 0.721. The number of nitrogens with zero attached hydrogens (tertiary/aromatic N) is 1. The molecule has 0 saturated heterocycles. The van der Waals surface area contributed by atoms with Crippen LogP contribution in [-0.4, -0.2) is 29.0 Å². The van der Waals surface area contributed by atoms with Gasteiger partial charge in [0, 0.05) is 23.6 Å². The van der Waals surface area contributed by atoms with Crippen molar-refractivity contribution in [1.29, 1.82) is 0 Å². The fourth-order valence-corrected chi connectivity index (χ4v) is 2.82. The predicted molar refractivity (Wildman–Crippen MR) is 87.6 cm³/mol. The fourth-order valence-electron chi connectivity index (χ4n) is 2.00. The average Bonchev–Trinajstić information content (AvgIpc) is 3.26. The summed E-state index contributed by atoms with van der Waals surface area (Å²) in [6, 6.07) is 10.5. The van der Waals surface area contributed by atoms with Crippen molar-refractivity contribution in [3.05, 3.63) is 58.5 Å². The van der Waals surface area contributed by atoms with E-state index in [4.69, 9.17) is 0 Å². The van der Waals surface area contributed by atoms with E-state index in [0.717, 1.165) is 22.7 Å². The minimum absolute atomic E-state index is 0.268. The molecule has 3 rings (SSSR count). The Balaban J connectivity index is 1.70. The Morgan fingerprint density at radius 1 is 1.13 bits per heavy atom. The number of methoxy groups -OCH3 is 1. The Labute approximate surface area is 136 Å². The molecule has 3 aromatic rings. The molecule has 0 bridgehead atoms. The third-order valence-corrected chi connectivity index (χ3v) is 4.19.